The van der Waals surface area contributed by atoms with Gasteiger partial charge in [-0.1, -0.05) is 49.4 Å². The Morgan fingerprint density at radius 2 is 2.00 bits per heavy atom. The summed E-state index contributed by atoms with van der Waals surface area (Å²) in [6, 6.07) is 17.3. The molecule has 7 rings (SSSR count). The zero-order valence-corrected chi connectivity index (χ0v) is 22.9. The van der Waals surface area contributed by atoms with Gasteiger partial charge in [0.1, 0.15) is 11.3 Å². The van der Waals surface area contributed by atoms with E-state index in [0.29, 0.717) is 38.3 Å². The maximum absolute atomic E-state index is 10.8. The van der Waals surface area contributed by atoms with Gasteiger partial charge < -0.3 is 14.4 Å². The van der Waals surface area contributed by atoms with Crippen molar-refractivity contribution in [1.82, 2.24) is 35.2 Å². The Labute approximate surface area is 232 Å². The average molecular weight is 536 g/mol. The van der Waals surface area contributed by atoms with Crippen molar-refractivity contribution in [2.45, 2.75) is 64.0 Å². The van der Waals surface area contributed by atoms with Crippen molar-refractivity contribution < 1.29 is 9.84 Å². The second-order valence-corrected chi connectivity index (χ2v) is 11.1. The quantitative estimate of drug-likeness (QED) is 0.309. The molecule has 0 spiro atoms. The lowest BCUT2D eigenvalue weighted by molar-refractivity contribution is 0.0194. The number of hydrogen-bond acceptors (Lipinski definition) is 7. The smallest absolute Gasteiger partial charge is 0.205 e. The molecule has 0 bridgehead atoms. The molecular weight excluding hydrogens is 502 g/mol. The van der Waals surface area contributed by atoms with Crippen LogP contribution in [0, 0.1) is 6.92 Å². The number of tetrazole rings is 1. The minimum absolute atomic E-state index is 0.186. The maximum atomic E-state index is 10.8. The van der Waals surface area contributed by atoms with E-state index in [1.165, 1.54) is 11.1 Å². The molecule has 40 heavy (non-hydrogen) atoms. The SMILES string of the molecule is CCc1nc2c(C)cc(CCC3(O)CCOC3)nc2n1C1CCc2cc(-c3ccccc3-c3nn[nH]n3)ccc21. The molecule has 0 radical (unpaired) electrons. The van der Waals surface area contributed by atoms with Crippen molar-refractivity contribution in [1.29, 1.82) is 0 Å². The van der Waals surface area contributed by atoms with E-state index in [0.717, 1.165) is 64.2 Å². The Morgan fingerprint density at radius 3 is 2.77 bits per heavy atom. The van der Waals surface area contributed by atoms with Crippen LogP contribution < -0.4 is 0 Å². The van der Waals surface area contributed by atoms with Gasteiger partial charge in [0.2, 0.25) is 5.82 Å². The number of imidazole rings is 1. The monoisotopic (exact) mass is 535 g/mol. The molecule has 5 aromatic rings. The van der Waals surface area contributed by atoms with Crippen LogP contribution in [0.4, 0.5) is 0 Å². The molecule has 9 heteroatoms. The molecule has 2 N–H and O–H groups in total. The summed E-state index contributed by atoms with van der Waals surface area (Å²) < 4.78 is 7.82. The molecule has 0 amide bonds. The van der Waals surface area contributed by atoms with Crippen LogP contribution in [0.1, 0.15) is 60.4 Å². The number of fused-ring (bicyclic) bond motifs is 2. The molecule has 1 aliphatic heterocycles. The van der Waals surface area contributed by atoms with Gasteiger partial charge in [0.05, 0.1) is 18.2 Å². The minimum atomic E-state index is -0.746. The first kappa shape index (κ1) is 25.0. The third kappa shape index (κ3) is 4.30. The van der Waals surface area contributed by atoms with E-state index in [2.05, 4.69) is 69.4 Å². The van der Waals surface area contributed by atoms with Crippen LogP contribution in [0.15, 0.2) is 48.5 Å². The van der Waals surface area contributed by atoms with Crippen molar-refractivity contribution in [2.75, 3.05) is 13.2 Å². The lowest BCUT2D eigenvalue weighted by atomic mass is 9.95. The summed E-state index contributed by atoms with van der Waals surface area (Å²) in [7, 11) is 0. The van der Waals surface area contributed by atoms with Crippen molar-refractivity contribution in [3.8, 4) is 22.5 Å². The summed E-state index contributed by atoms with van der Waals surface area (Å²) in [5, 5.41) is 25.5. The zero-order chi connectivity index (χ0) is 27.3. The summed E-state index contributed by atoms with van der Waals surface area (Å²) in [4.78, 5) is 10.2. The summed E-state index contributed by atoms with van der Waals surface area (Å²) >= 11 is 0. The molecule has 2 aromatic carbocycles. The average Bonchev–Trinajstić information content (AvgIpc) is 3.78. The summed E-state index contributed by atoms with van der Waals surface area (Å²) in [6.07, 6.45) is 4.89. The summed E-state index contributed by atoms with van der Waals surface area (Å²) in [6.45, 7) is 5.32. The molecule has 4 heterocycles. The van der Waals surface area contributed by atoms with Gasteiger partial charge in [0.15, 0.2) is 5.65 Å². The van der Waals surface area contributed by atoms with Crippen molar-refractivity contribution in [3.63, 3.8) is 0 Å². The molecule has 1 fully saturated rings. The fourth-order valence-corrected chi connectivity index (χ4v) is 6.42. The highest BCUT2D eigenvalue weighted by Crippen LogP contribution is 2.40. The Kier molecular flexibility index (Phi) is 6.20. The van der Waals surface area contributed by atoms with Crippen LogP contribution in [0.2, 0.25) is 0 Å². The first-order chi connectivity index (χ1) is 19.5. The second-order valence-electron chi connectivity index (χ2n) is 11.1. The van der Waals surface area contributed by atoms with E-state index < -0.39 is 5.60 Å². The third-order valence-electron chi connectivity index (χ3n) is 8.54. The number of nitrogens with one attached hydrogen (secondary N) is 1. The van der Waals surface area contributed by atoms with Gasteiger partial charge in [0.25, 0.3) is 0 Å². The van der Waals surface area contributed by atoms with Crippen LogP contribution in [-0.4, -0.2) is 59.1 Å². The van der Waals surface area contributed by atoms with Crippen molar-refractivity contribution in [2.24, 2.45) is 0 Å². The fraction of sp³-hybridized carbons (Fsp3) is 0.387. The van der Waals surface area contributed by atoms with E-state index in [1.807, 2.05) is 18.2 Å². The molecule has 204 valence electrons. The molecule has 2 unspecified atom stereocenters. The van der Waals surface area contributed by atoms with Crippen molar-refractivity contribution in [3.05, 3.63) is 76.7 Å². The number of aryl methyl sites for hydroxylation is 4. The predicted octanol–water partition coefficient (Wildman–Crippen LogP) is 4.77. The predicted molar refractivity (Wildman–Crippen MR) is 152 cm³/mol. The Balaban J connectivity index is 1.25. The first-order valence-corrected chi connectivity index (χ1v) is 14.2. The highest BCUT2D eigenvalue weighted by atomic mass is 16.5. The number of ether oxygens (including phenoxy) is 1. The van der Waals surface area contributed by atoms with Gasteiger partial charge in [-0.25, -0.2) is 9.97 Å². The standard InChI is InChI=1S/C31H33N7O2/c1-3-27-33-28-19(2)16-22(12-13-31(39)14-15-40-18-31)32-30(28)38(27)26-11-9-21-17-20(8-10-24(21)26)23-6-4-5-7-25(23)29-34-36-37-35-29/h4-8,10,16-17,26,39H,3,9,11-15,18H2,1-2H3,(H,34,35,36,37). The number of benzene rings is 2. The van der Waals surface area contributed by atoms with Gasteiger partial charge >= 0.3 is 0 Å². The number of pyridine rings is 1. The normalized spacial score (nSPS) is 20.4. The number of rotatable bonds is 7. The fourth-order valence-electron chi connectivity index (χ4n) is 6.42. The lowest BCUT2D eigenvalue weighted by Crippen LogP contribution is -2.29. The van der Waals surface area contributed by atoms with Gasteiger partial charge in [-0.15, -0.1) is 10.2 Å². The molecule has 2 atom stereocenters. The number of aromatic amines is 1. The van der Waals surface area contributed by atoms with Crippen molar-refractivity contribution >= 4 is 11.2 Å². The van der Waals surface area contributed by atoms with E-state index in [4.69, 9.17) is 14.7 Å². The van der Waals surface area contributed by atoms with E-state index in [1.54, 1.807) is 0 Å². The summed E-state index contributed by atoms with van der Waals surface area (Å²) in [5.74, 6) is 1.66. The zero-order valence-electron chi connectivity index (χ0n) is 22.9. The molecular formula is C31H33N7O2. The summed E-state index contributed by atoms with van der Waals surface area (Å²) in [5.41, 5.74) is 9.20. The number of aliphatic hydroxyl groups is 1. The van der Waals surface area contributed by atoms with Gasteiger partial charge in [0, 0.05) is 30.7 Å². The molecule has 2 aliphatic rings. The molecule has 1 saturated heterocycles. The first-order valence-electron chi connectivity index (χ1n) is 14.2. The topological polar surface area (TPSA) is 115 Å². The Hall–Kier alpha value is -3.95. The lowest BCUT2D eigenvalue weighted by Gasteiger charge is -2.20. The molecule has 3 aromatic heterocycles. The number of aromatic nitrogens is 7. The van der Waals surface area contributed by atoms with Crippen LogP contribution in [0.5, 0.6) is 0 Å². The third-order valence-corrected chi connectivity index (χ3v) is 8.54. The largest absolute Gasteiger partial charge is 0.387 e. The van der Waals surface area contributed by atoms with Gasteiger partial charge in [-0.05, 0) is 71.7 Å². The van der Waals surface area contributed by atoms with Gasteiger partial charge in [-0.3, -0.25) is 0 Å². The van der Waals surface area contributed by atoms with E-state index in [9.17, 15) is 5.11 Å². The highest BCUT2D eigenvalue weighted by molar-refractivity contribution is 5.81. The molecule has 9 nitrogen and oxygen atoms in total. The van der Waals surface area contributed by atoms with Crippen LogP contribution >= 0.6 is 0 Å². The Morgan fingerprint density at radius 1 is 1.12 bits per heavy atom. The Bertz CT molecular complexity index is 1690. The van der Waals surface area contributed by atoms with Crippen LogP contribution in [0.3, 0.4) is 0 Å². The highest BCUT2D eigenvalue weighted by Gasteiger charge is 2.32. The maximum Gasteiger partial charge on any atom is 0.205 e. The number of nitrogens with zero attached hydrogens (tertiary/aromatic N) is 6. The van der Waals surface area contributed by atoms with Gasteiger partial charge in [-0.2, -0.15) is 5.21 Å². The van der Waals surface area contributed by atoms with E-state index in [-0.39, 0.29) is 6.04 Å². The molecule has 0 saturated carbocycles. The molecule has 1 aliphatic carbocycles. The van der Waals surface area contributed by atoms with E-state index >= 15 is 0 Å². The van der Waals surface area contributed by atoms with Crippen LogP contribution in [0.25, 0.3) is 33.7 Å². The number of H-pyrrole nitrogens is 1. The van der Waals surface area contributed by atoms with Crippen LogP contribution in [-0.2, 0) is 24.0 Å². The minimum Gasteiger partial charge on any atom is -0.387 e. The number of hydrogen-bond donors (Lipinski definition) is 2. The second kappa shape index (κ2) is 9.91.